The Bertz CT molecular complexity index is 1180. The van der Waals surface area contributed by atoms with Crippen molar-refractivity contribution in [2.24, 2.45) is 0 Å². The second kappa shape index (κ2) is 8.22. The van der Waals surface area contributed by atoms with E-state index >= 15 is 0 Å². The lowest BCUT2D eigenvalue weighted by Crippen LogP contribution is -2.45. The molecule has 0 atom stereocenters. The molecule has 1 saturated heterocycles. The van der Waals surface area contributed by atoms with Gasteiger partial charge >= 0.3 is 0 Å². The number of ether oxygens (including phenoxy) is 1. The summed E-state index contributed by atoms with van der Waals surface area (Å²) in [6, 6.07) is 13.7. The molecule has 154 valence electrons. The molecule has 1 aliphatic heterocycles. The lowest BCUT2D eigenvalue weighted by molar-refractivity contribution is 0.134. The fourth-order valence-corrected chi connectivity index (χ4v) is 4.88. The zero-order valence-electron chi connectivity index (χ0n) is 17.0. The van der Waals surface area contributed by atoms with Crippen molar-refractivity contribution >= 4 is 32.3 Å². The molecular weight excluding hydrogens is 394 g/mol. The number of aromatic hydroxyl groups is 1. The maximum atomic E-state index is 10.7. The molecule has 30 heavy (non-hydrogen) atoms. The highest BCUT2D eigenvalue weighted by Crippen LogP contribution is 2.41. The summed E-state index contributed by atoms with van der Waals surface area (Å²) < 4.78 is 7.19. The minimum atomic E-state index is 0.262. The molecule has 3 heterocycles. The first kappa shape index (κ1) is 19.3. The zero-order valence-corrected chi connectivity index (χ0v) is 17.9. The summed E-state index contributed by atoms with van der Waals surface area (Å²) in [7, 11) is 2.17. The Morgan fingerprint density at radius 1 is 1.10 bits per heavy atom. The van der Waals surface area contributed by atoms with E-state index in [-0.39, 0.29) is 5.75 Å². The monoisotopic (exact) mass is 419 g/mol. The Kier molecular flexibility index (Phi) is 5.29. The number of hydrogen-bond donors (Lipinski definition) is 1. The van der Waals surface area contributed by atoms with Gasteiger partial charge in [0.15, 0.2) is 0 Å². The fourth-order valence-electron chi connectivity index (χ4n) is 4.11. The van der Waals surface area contributed by atoms with Gasteiger partial charge in [-0.25, -0.2) is 0 Å². The van der Waals surface area contributed by atoms with Crippen molar-refractivity contribution in [1.29, 1.82) is 0 Å². The number of nitrogens with zero attached hydrogens (tertiary/aromatic N) is 3. The van der Waals surface area contributed by atoms with Crippen LogP contribution >= 0.6 is 11.3 Å². The van der Waals surface area contributed by atoms with E-state index in [4.69, 9.17) is 4.74 Å². The number of hydrogen-bond acceptors (Lipinski definition) is 6. The van der Waals surface area contributed by atoms with Gasteiger partial charge in [-0.3, -0.25) is 9.88 Å². The number of benzene rings is 2. The minimum absolute atomic E-state index is 0.262. The summed E-state index contributed by atoms with van der Waals surface area (Å²) in [4.78, 5) is 9.40. The summed E-state index contributed by atoms with van der Waals surface area (Å²) >= 11 is 1.66. The molecule has 0 amide bonds. The van der Waals surface area contributed by atoms with Crippen molar-refractivity contribution in [1.82, 2.24) is 14.8 Å². The molecule has 1 fully saturated rings. The molecule has 4 aromatic rings. The molecule has 1 aliphatic rings. The Morgan fingerprint density at radius 2 is 1.97 bits per heavy atom. The highest BCUT2D eigenvalue weighted by atomic mass is 32.1. The molecule has 6 heteroatoms. The van der Waals surface area contributed by atoms with E-state index in [9.17, 15) is 5.11 Å². The third-order valence-electron chi connectivity index (χ3n) is 5.84. The molecule has 0 bridgehead atoms. The second-order valence-electron chi connectivity index (χ2n) is 7.83. The van der Waals surface area contributed by atoms with Crippen LogP contribution in [0.5, 0.6) is 11.5 Å². The smallest absolute Gasteiger partial charge is 0.124 e. The van der Waals surface area contributed by atoms with Gasteiger partial charge in [-0.15, -0.1) is 11.3 Å². The average molecular weight is 420 g/mol. The van der Waals surface area contributed by atoms with Crippen molar-refractivity contribution in [3.8, 4) is 22.6 Å². The van der Waals surface area contributed by atoms with Crippen molar-refractivity contribution in [3.05, 3.63) is 54.0 Å². The lowest BCUT2D eigenvalue weighted by atomic mass is 9.97. The van der Waals surface area contributed by atoms with E-state index in [1.54, 1.807) is 17.4 Å². The maximum Gasteiger partial charge on any atom is 0.124 e. The minimum Gasteiger partial charge on any atom is -0.507 e. The number of phenolic OH excluding ortho intramolecular Hbond substituents is 1. The van der Waals surface area contributed by atoms with E-state index in [0.29, 0.717) is 6.61 Å². The highest BCUT2D eigenvalue weighted by Gasteiger charge is 2.16. The molecule has 0 radical (unpaired) electrons. The predicted octanol–water partition coefficient (Wildman–Crippen LogP) is 4.45. The van der Waals surface area contributed by atoms with E-state index in [1.807, 2.05) is 36.5 Å². The third-order valence-corrected chi connectivity index (χ3v) is 6.69. The third kappa shape index (κ3) is 3.74. The van der Waals surface area contributed by atoms with Crippen molar-refractivity contribution in [3.63, 3.8) is 0 Å². The number of thiophene rings is 1. The molecule has 0 aliphatic carbocycles. The summed E-state index contributed by atoms with van der Waals surface area (Å²) in [5.74, 6) is 1.08. The molecule has 5 rings (SSSR count). The number of phenols is 1. The van der Waals surface area contributed by atoms with Gasteiger partial charge in [0, 0.05) is 55.3 Å². The van der Waals surface area contributed by atoms with Crippen molar-refractivity contribution in [2.45, 2.75) is 0 Å². The van der Waals surface area contributed by atoms with Gasteiger partial charge in [-0.2, -0.15) is 0 Å². The van der Waals surface area contributed by atoms with Gasteiger partial charge < -0.3 is 14.7 Å². The fraction of sp³-hybridized carbons (Fsp3) is 0.292. The summed E-state index contributed by atoms with van der Waals surface area (Å²) in [6.45, 7) is 5.99. The molecule has 0 spiro atoms. The summed E-state index contributed by atoms with van der Waals surface area (Å²) in [5, 5.41) is 14.9. The molecule has 2 aromatic heterocycles. The Hall–Kier alpha value is -2.67. The van der Waals surface area contributed by atoms with Gasteiger partial charge in [0.25, 0.3) is 0 Å². The van der Waals surface area contributed by atoms with Crippen LogP contribution in [-0.2, 0) is 0 Å². The van der Waals surface area contributed by atoms with E-state index < -0.39 is 0 Å². The highest BCUT2D eigenvalue weighted by molar-refractivity contribution is 7.17. The zero-order chi connectivity index (χ0) is 20.5. The quantitative estimate of drug-likeness (QED) is 0.518. The van der Waals surface area contributed by atoms with Gasteiger partial charge in [0.2, 0.25) is 0 Å². The number of fused-ring (bicyclic) bond motifs is 3. The largest absolute Gasteiger partial charge is 0.507 e. The first-order chi connectivity index (χ1) is 14.7. The predicted molar refractivity (Wildman–Crippen MR) is 124 cm³/mol. The van der Waals surface area contributed by atoms with Gasteiger partial charge in [0.05, 0.1) is 10.2 Å². The van der Waals surface area contributed by atoms with Crippen LogP contribution in [0.15, 0.2) is 54.0 Å². The summed E-state index contributed by atoms with van der Waals surface area (Å²) in [6.07, 6.45) is 1.90. The number of piperazine rings is 1. The number of likely N-dealkylation sites (N-methyl/N-ethyl adjacent to an activating group) is 1. The van der Waals surface area contributed by atoms with Crippen LogP contribution in [0.4, 0.5) is 0 Å². The van der Waals surface area contributed by atoms with Gasteiger partial charge in [0.1, 0.15) is 18.1 Å². The number of rotatable bonds is 5. The number of pyridine rings is 1. The average Bonchev–Trinajstić information content (AvgIpc) is 3.24. The summed E-state index contributed by atoms with van der Waals surface area (Å²) in [5.41, 5.74) is 2.64. The SMILES string of the molecule is CN1CCN(CCOc2cccc(-c3c(O)ccc4ncc5sccc5c34)c2)CC1. The Morgan fingerprint density at radius 3 is 2.83 bits per heavy atom. The van der Waals surface area contributed by atoms with Crippen LogP contribution in [-0.4, -0.2) is 66.3 Å². The topological polar surface area (TPSA) is 48.8 Å². The van der Waals surface area contributed by atoms with Gasteiger partial charge in [-0.1, -0.05) is 12.1 Å². The number of aromatic nitrogens is 1. The van der Waals surface area contributed by atoms with E-state index in [2.05, 4.69) is 33.3 Å². The standard InChI is InChI=1S/C24H25N3O2S/c1-26-8-10-27(11-9-26)12-13-29-18-4-2-3-17(15-18)23-21(28)6-5-20-24(23)19-7-14-30-22(19)16-25-20/h2-7,14-16,28H,8-13H2,1H3. The van der Waals surface area contributed by atoms with Crippen molar-refractivity contribution in [2.75, 3.05) is 46.4 Å². The molecular formula is C24H25N3O2S. The van der Waals surface area contributed by atoms with Crippen molar-refractivity contribution < 1.29 is 9.84 Å². The van der Waals surface area contributed by atoms with Crippen LogP contribution in [0.25, 0.3) is 32.1 Å². The lowest BCUT2D eigenvalue weighted by Gasteiger charge is -2.32. The molecule has 0 saturated carbocycles. The molecule has 5 nitrogen and oxygen atoms in total. The van der Waals surface area contributed by atoms with Crippen LogP contribution in [0, 0.1) is 0 Å². The van der Waals surface area contributed by atoms with E-state index in [1.165, 1.54) is 0 Å². The molecule has 2 aromatic carbocycles. The first-order valence-corrected chi connectivity index (χ1v) is 11.2. The first-order valence-electron chi connectivity index (χ1n) is 10.3. The Labute approximate surface area is 180 Å². The van der Waals surface area contributed by atoms with Crippen LogP contribution in [0.1, 0.15) is 0 Å². The Balaban J connectivity index is 1.42. The van der Waals surface area contributed by atoms with E-state index in [0.717, 1.165) is 70.6 Å². The maximum absolute atomic E-state index is 10.7. The molecule has 0 unspecified atom stereocenters. The van der Waals surface area contributed by atoms with Crippen LogP contribution in [0.3, 0.4) is 0 Å². The molecule has 1 N–H and O–H groups in total. The second-order valence-corrected chi connectivity index (χ2v) is 8.78. The van der Waals surface area contributed by atoms with Gasteiger partial charge in [-0.05, 0) is 48.3 Å². The van der Waals surface area contributed by atoms with Crippen LogP contribution in [0.2, 0.25) is 0 Å². The normalized spacial score (nSPS) is 15.8. The van der Waals surface area contributed by atoms with Crippen LogP contribution < -0.4 is 4.74 Å².